The van der Waals surface area contributed by atoms with E-state index in [-0.39, 0.29) is 21.7 Å². The van der Waals surface area contributed by atoms with Gasteiger partial charge in [-0.1, -0.05) is 28.8 Å². The van der Waals surface area contributed by atoms with Gasteiger partial charge >= 0.3 is 5.97 Å². The molecule has 0 saturated carbocycles. The van der Waals surface area contributed by atoms with E-state index in [0.29, 0.717) is 10.8 Å². The molecule has 7 heteroatoms. The first-order valence-corrected chi connectivity index (χ1v) is 8.07. The third kappa shape index (κ3) is 2.57. The summed E-state index contributed by atoms with van der Waals surface area (Å²) in [6.45, 7) is 0. The van der Waals surface area contributed by atoms with Gasteiger partial charge in [0, 0.05) is 18.1 Å². The average Bonchev–Trinajstić information content (AvgIpc) is 3.26. The fourth-order valence-electron chi connectivity index (χ4n) is 2.72. The fraction of sp³-hybridized carbons (Fsp3) is 0. The van der Waals surface area contributed by atoms with Crippen molar-refractivity contribution in [2.24, 2.45) is 0 Å². The largest absolute Gasteiger partial charge is 0.365 e. The number of rotatable bonds is 3. The number of hydrogen-bond acceptors (Lipinski definition) is 4. The summed E-state index contributed by atoms with van der Waals surface area (Å²) in [6.07, 6.45) is 3.62. The molecule has 0 aliphatic carbocycles. The van der Waals surface area contributed by atoms with Crippen molar-refractivity contribution in [2.75, 3.05) is 0 Å². The van der Waals surface area contributed by atoms with Crippen LogP contribution in [0.1, 0.15) is 31.1 Å². The maximum Gasteiger partial charge on any atom is 0.365 e. The minimum atomic E-state index is -0.890. The van der Waals surface area contributed by atoms with Crippen molar-refractivity contribution in [1.82, 2.24) is 9.63 Å². The molecule has 1 aliphatic rings. The van der Waals surface area contributed by atoms with Crippen LogP contribution in [-0.2, 0) is 4.84 Å². The SMILES string of the molecule is O=C(ON1C(=O)c2ccccc2C1=O)c1cc(-n2cccc2)ccc1Cl. The third-order valence-corrected chi connectivity index (χ3v) is 4.33. The first kappa shape index (κ1) is 16.1. The van der Waals surface area contributed by atoms with E-state index in [4.69, 9.17) is 16.4 Å². The van der Waals surface area contributed by atoms with E-state index >= 15 is 0 Å². The van der Waals surface area contributed by atoms with E-state index in [1.165, 1.54) is 18.2 Å². The Kier molecular flexibility index (Phi) is 3.82. The molecule has 0 spiro atoms. The van der Waals surface area contributed by atoms with Gasteiger partial charge in [-0.3, -0.25) is 9.59 Å². The summed E-state index contributed by atoms with van der Waals surface area (Å²) >= 11 is 6.10. The number of fused-ring (bicyclic) bond motifs is 1. The number of hydroxylamine groups is 2. The molecule has 2 aromatic carbocycles. The Bertz CT molecular complexity index is 1010. The molecule has 0 fully saturated rings. The van der Waals surface area contributed by atoms with Crippen LogP contribution in [0, 0.1) is 0 Å². The number of carbonyl (C=O) groups is 3. The Hall–Kier alpha value is -3.38. The zero-order chi connectivity index (χ0) is 18.3. The summed E-state index contributed by atoms with van der Waals surface area (Å²) in [7, 11) is 0. The van der Waals surface area contributed by atoms with Gasteiger partial charge in [0.1, 0.15) is 0 Å². The van der Waals surface area contributed by atoms with E-state index in [1.54, 1.807) is 28.8 Å². The minimum Gasteiger partial charge on any atom is -0.324 e. The summed E-state index contributed by atoms with van der Waals surface area (Å²) in [5.41, 5.74) is 1.12. The summed E-state index contributed by atoms with van der Waals surface area (Å²) < 4.78 is 1.79. The quantitative estimate of drug-likeness (QED) is 0.665. The normalized spacial score (nSPS) is 13.0. The van der Waals surface area contributed by atoms with E-state index in [0.717, 1.165) is 0 Å². The molecular formula is C19H11ClN2O4. The molecule has 0 unspecified atom stereocenters. The number of hydrogen-bond donors (Lipinski definition) is 0. The lowest BCUT2D eigenvalue weighted by Crippen LogP contribution is -2.32. The van der Waals surface area contributed by atoms with Crippen LogP contribution in [0.3, 0.4) is 0 Å². The summed E-state index contributed by atoms with van der Waals surface area (Å²) in [4.78, 5) is 42.2. The van der Waals surface area contributed by atoms with Crippen molar-refractivity contribution >= 4 is 29.4 Å². The van der Waals surface area contributed by atoms with Crippen molar-refractivity contribution < 1.29 is 19.2 Å². The summed E-state index contributed by atoms with van der Waals surface area (Å²) in [5, 5.41) is 0.619. The molecule has 0 atom stereocenters. The molecule has 26 heavy (non-hydrogen) atoms. The number of carbonyl (C=O) groups excluding carboxylic acids is 3. The fourth-order valence-corrected chi connectivity index (χ4v) is 2.91. The minimum absolute atomic E-state index is 0.0504. The molecular weight excluding hydrogens is 356 g/mol. The van der Waals surface area contributed by atoms with Crippen molar-refractivity contribution in [3.8, 4) is 5.69 Å². The van der Waals surface area contributed by atoms with Crippen LogP contribution >= 0.6 is 11.6 Å². The van der Waals surface area contributed by atoms with Gasteiger partial charge in [-0.15, -0.1) is 0 Å². The lowest BCUT2D eigenvalue weighted by atomic mass is 10.1. The van der Waals surface area contributed by atoms with Crippen molar-refractivity contribution in [3.05, 3.63) is 88.7 Å². The topological polar surface area (TPSA) is 68.6 Å². The van der Waals surface area contributed by atoms with E-state index in [2.05, 4.69) is 0 Å². The highest BCUT2D eigenvalue weighted by Crippen LogP contribution is 2.26. The van der Waals surface area contributed by atoms with Crippen LogP contribution in [0.25, 0.3) is 5.69 Å². The standard InChI is InChI=1S/C19H11ClN2O4/c20-16-8-7-12(21-9-3-4-10-21)11-15(16)19(25)26-22-17(23)13-5-1-2-6-14(13)18(22)24/h1-11H. The van der Waals surface area contributed by atoms with Crippen LogP contribution in [0.15, 0.2) is 67.0 Å². The van der Waals surface area contributed by atoms with Crippen LogP contribution in [0.2, 0.25) is 5.02 Å². The first-order valence-electron chi connectivity index (χ1n) is 7.69. The van der Waals surface area contributed by atoms with Crippen LogP contribution < -0.4 is 0 Å². The molecule has 6 nitrogen and oxygen atoms in total. The Morgan fingerprint density at radius 3 is 2.12 bits per heavy atom. The maximum absolute atomic E-state index is 12.5. The average molecular weight is 367 g/mol. The number of halogens is 1. The monoisotopic (exact) mass is 366 g/mol. The second kappa shape index (κ2) is 6.16. The third-order valence-electron chi connectivity index (χ3n) is 4.00. The molecule has 2 heterocycles. The zero-order valence-corrected chi connectivity index (χ0v) is 14.0. The number of amides is 2. The number of nitrogens with zero attached hydrogens (tertiary/aromatic N) is 2. The van der Waals surface area contributed by atoms with Crippen LogP contribution in [0.4, 0.5) is 0 Å². The van der Waals surface area contributed by atoms with Gasteiger partial charge in [-0.05, 0) is 42.5 Å². The summed E-state index contributed by atoms with van der Waals surface area (Å²) in [6, 6.07) is 14.8. The Balaban J connectivity index is 1.63. The predicted molar refractivity (Wildman–Crippen MR) is 93.1 cm³/mol. The Morgan fingerprint density at radius 1 is 0.885 bits per heavy atom. The van der Waals surface area contributed by atoms with Crippen LogP contribution in [-0.4, -0.2) is 27.4 Å². The van der Waals surface area contributed by atoms with Crippen LogP contribution in [0.5, 0.6) is 0 Å². The smallest absolute Gasteiger partial charge is 0.324 e. The molecule has 3 aromatic rings. The van der Waals surface area contributed by atoms with Crippen molar-refractivity contribution in [2.45, 2.75) is 0 Å². The molecule has 0 N–H and O–H groups in total. The van der Waals surface area contributed by atoms with E-state index < -0.39 is 17.8 Å². The van der Waals surface area contributed by atoms with Crippen molar-refractivity contribution in [1.29, 1.82) is 0 Å². The van der Waals surface area contributed by atoms with Gasteiger partial charge in [0.05, 0.1) is 21.7 Å². The molecule has 0 bridgehead atoms. The van der Waals surface area contributed by atoms with Gasteiger partial charge in [0.25, 0.3) is 11.8 Å². The van der Waals surface area contributed by atoms with Gasteiger partial charge < -0.3 is 9.40 Å². The highest BCUT2D eigenvalue weighted by molar-refractivity contribution is 6.33. The molecule has 0 saturated heterocycles. The number of benzene rings is 2. The second-order valence-corrected chi connectivity index (χ2v) is 5.99. The van der Waals surface area contributed by atoms with Crippen molar-refractivity contribution in [3.63, 3.8) is 0 Å². The predicted octanol–water partition coefficient (Wildman–Crippen LogP) is 3.50. The first-order chi connectivity index (χ1) is 12.6. The van der Waals surface area contributed by atoms with Gasteiger partial charge in [0.15, 0.2) is 0 Å². The molecule has 2 amide bonds. The van der Waals surface area contributed by atoms with Gasteiger partial charge in [-0.25, -0.2) is 4.79 Å². The highest BCUT2D eigenvalue weighted by Gasteiger charge is 2.39. The highest BCUT2D eigenvalue weighted by atomic mass is 35.5. The molecule has 0 radical (unpaired) electrons. The van der Waals surface area contributed by atoms with E-state index in [1.807, 2.05) is 24.5 Å². The van der Waals surface area contributed by atoms with Gasteiger partial charge in [-0.2, -0.15) is 0 Å². The number of aromatic nitrogens is 1. The Labute approximate surface area is 153 Å². The second-order valence-electron chi connectivity index (χ2n) is 5.58. The summed E-state index contributed by atoms with van der Waals surface area (Å²) in [5.74, 6) is -2.26. The maximum atomic E-state index is 12.5. The lowest BCUT2D eigenvalue weighted by Gasteiger charge is -2.14. The Morgan fingerprint density at radius 2 is 1.50 bits per heavy atom. The molecule has 128 valence electrons. The zero-order valence-electron chi connectivity index (χ0n) is 13.3. The molecule has 1 aromatic heterocycles. The van der Waals surface area contributed by atoms with Gasteiger partial charge in [0.2, 0.25) is 0 Å². The number of imide groups is 1. The molecule has 1 aliphatic heterocycles. The molecule has 4 rings (SSSR count). The lowest BCUT2D eigenvalue weighted by molar-refractivity contribution is -0.0584. The van der Waals surface area contributed by atoms with E-state index in [9.17, 15) is 14.4 Å².